The Morgan fingerprint density at radius 2 is 2.19 bits per heavy atom. The van der Waals surface area contributed by atoms with E-state index in [4.69, 9.17) is 20.5 Å². The summed E-state index contributed by atoms with van der Waals surface area (Å²) in [7, 11) is 0. The quantitative estimate of drug-likeness (QED) is 0.898. The van der Waals surface area contributed by atoms with E-state index >= 15 is 0 Å². The minimum absolute atomic E-state index is 0.102. The summed E-state index contributed by atoms with van der Waals surface area (Å²) in [4.78, 5) is 8.84. The molecule has 2 aliphatic heterocycles. The van der Waals surface area contributed by atoms with Gasteiger partial charge in [-0.2, -0.15) is 5.26 Å². The zero-order valence-electron chi connectivity index (χ0n) is 15.3. The number of hydrogen-bond acceptors (Lipinski definition) is 6. The first-order chi connectivity index (χ1) is 13.1. The van der Waals surface area contributed by atoms with E-state index < -0.39 is 5.54 Å². The smallest absolute Gasteiger partial charge is 0.283 e. The second-order valence-corrected chi connectivity index (χ2v) is 7.14. The average molecular weight is 362 g/mol. The van der Waals surface area contributed by atoms with Crippen molar-refractivity contribution >= 4 is 6.02 Å². The van der Waals surface area contributed by atoms with Crippen molar-refractivity contribution in [2.45, 2.75) is 44.2 Å². The van der Waals surface area contributed by atoms with Gasteiger partial charge < -0.3 is 15.2 Å². The fourth-order valence-electron chi connectivity index (χ4n) is 3.85. The second-order valence-electron chi connectivity index (χ2n) is 7.14. The number of unbranched alkanes of at least 4 members (excludes halogenated alkanes) is 1. The van der Waals surface area contributed by atoms with E-state index in [9.17, 15) is 0 Å². The zero-order valence-corrected chi connectivity index (χ0v) is 15.3. The Morgan fingerprint density at radius 1 is 1.30 bits per heavy atom. The molecule has 4 rings (SSSR count). The number of nitriles is 1. The van der Waals surface area contributed by atoms with Gasteiger partial charge in [0, 0.05) is 29.9 Å². The van der Waals surface area contributed by atoms with Gasteiger partial charge in [0.1, 0.15) is 30.1 Å². The van der Waals surface area contributed by atoms with Gasteiger partial charge in [0.15, 0.2) is 0 Å². The van der Waals surface area contributed by atoms with Crippen molar-refractivity contribution in [3.8, 4) is 22.9 Å². The zero-order chi connectivity index (χ0) is 18.9. The molecule has 6 nitrogen and oxygen atoms in total. The fraction of sp³-hybridized carbons (Fsp3) is 0.381. The Hall–Kier alpha value is -3.07. The van der Waals surface area contributed by atoms with E-state index in [0.717, 1.165) is 48.1 Å². The van der Waals surface area contributed by atoms with E-state index in [1.807, 2.05) is 18.2 Å². The third-order valence-corrected chi connectivity index (χ3v) is 5.20. The van der Waals surface area contributed by atoms with Crippen LogP contribution in [0.2, 0.25) is 0 Å². The molecule has 6 heteroatoms. The van der Waals surface area contributed by atoms with Crippen molar-refractivity contribution in [3.05, 3.63) is 47.8 Å². The maximum atomic E-state index is 9.14. The molecule has 3 heterocycles. The Kier molecular flexibility index (Phi) is 4.44. The molecule has 138 valence electrons. The molecule has 2 aliphatic rings. The molecule has 1 aromatic heterocycles. The number of ether oxygens (including phenoxy) is 2. The number of nitrogens with zero attached hydrogens (tertiary/aromatic N) is 3. The highest BCUT2D eigenvalue weighted by molar-refractivity contribution is 5.75. The summed E-state index contributed by atoms with van der Waals surface area (Å²) in [5.41, 5.74) is 8.73. The van der Waals surface area contributed by atoms with Crippen LogP contribution in [0.1, 0.15) is 43.7 Å². The van der Waals surface area contributed by atoms with Gasteiger partial charge in [-0.25, -0.2) is 4.99 Å². The SMILES string of the molecule is CCCC[C@H]1CC2(COC(N)=N2)c2cc(-c3cncc(C#N)c3)ccc2O1. The molecule has 1 unspecified atom stereocenters. The van der Waals surface area contributed by atoms with Gasteiger partial charge in [-0.3, -0.25) is 4.98 Å². The van der Waals surface area contributed by atoms with E-state index in [2.05, 4.69) is 29.0 Å². The van der Waals surface area contributed by atoms with Gasteiger partial charge in [-0.1, -0.05) is 25.8 Å². The van der Waals surface area contributed by atoms with Crippen LogP contribution >= 0.6 is 0 Å². The molecule has 0 saturated carbocycles. The number of aliphatic imine (C=N–C) groups is 1. The number of amidine groups is 1. The minimum Gasteiger partial charge on any atom is -0.490 e. The lowest BCUT2D eigenvalue weighted by atomic mass is 9.81. The number of rotatable bonds is 4. The van der Waals surface area contributed by atoms with Crippen LogP contribution in [0, 0.1) is 11.3 Å². The van der Waals surface area contributed by atoms with Crippen LogP contribution in [-0.2, 0) is 10.3 Å². The highest BCUT2D eigenvalue weighted by atomic mass is 16.5. The topological polar surface area (TPSA) is 93.5 Å². The number of fused-ring (bicyclic) bond motifs is 2. The van der Waals surface area contributed by atoms with Crippen LogP contribution in [0.5, 0.6) is 5.75 Å². The summed E-state index contributed by atoms with van der Waals surface area (Å²) in [6.07, 6.45) is 7.39. The van der Waals surface area contributed by atoms with Gasteiger partial charge in [-0.15, -0.1) is 0 Å². The molecule has 0 bridgehead atoms. The van der Waals surface area contributed by atoms with Crippen molar-refractivity contribution < 1.29 is 9.47 Å². The lowest BCUT2D eigenvalue weighted by molar-refractivity contribution is 0.0988. The molecule has 1 aromatic carbocycles. The largest absolute Gasteiger partial charge is 0.490 e. The summed E-state index contributed by atoms with van der Waals surface area (Å²) in [5, 5.41) is 9.14. The highest BCUT2D eigenvalue weighted by Gasteiger charge is 2.46. The Balaban J connectivity index is 1.76. The first-order valence-electron chi connectivity index (χ1n) is 9.28. The summed E-state index contributed by atoms with van der Waals surface area (Å²) in [6.45, 7) is 2.61. The number of pyridine rings is 1. The lowest BCUT2D eigenvalue weighted by Gasteiger charge is -2.37. The van der Waals surface area contributed by atoms with Gasteiger partial charge in [-0.05, 0) is 30.2 Å². The van der Waals surface area contributed by atoms with Gasteiger partial charge in [0.05, 0.1) is 5.56 Å². The number of hydrogen-bond donors (Lipinski definition) is 1. The molecule has 0 aliphatic carbocycles. The first-order valence-corrected chi connectivity index (χ1v) is 9.28. The maximum Gasteiger partial charge on any atom is 0.283 e. The van der Waals surface area contributed by atoms with E-state index in [-0.39, 0.29) is 12.1 Å². The molecule has 1 spiro atoms. The van der Waals surface area contributed by atoms with Crippen molar-refractivity contribution in [2.24, 2.45) is 10.7 Å². The highest BCUT2D eigenvalue weighted by Crippen LogP contribution is 2.46. The van der Waals surface area contributed by atoms with Crippen molar-refractivity contribution in [1.29, 1.82) is 5.26 Å². The molecule has 27 heavy (non-hydrogen) atoms. The molecular formula is C21H22N4O2. The number of nitrogens with two attached hydrogens (primary N) is 1. The molecule has 0 radical (unpaired) electrons. The second kappa shape index (κ2) is 6.92. The third-order valence-electron chi connectivity index (χ3n) is 5.20. The lowest BCUT2D eigenvalue weighted by Crippen LogP contribution is -2.38. The van der Waals surface area contributed by atoms with E-state index in [1.165, 1.54) is 0 Å². The molecule has 2 atom stereocenters. The standard InChI is InChI=1S/C21H22N4O2/c1-2-3-4-17-9-21(13-26-20(23)25-21)18-8-15(5-6-19(18)27-17)16-7-14(10-22)11-24-12-16/h5-8,11-12,17H,2-4,9,13H2,1H3,(H2,23,25)/t17-,21?/m0/s1. The average Bonchev–Trinajstić information content (AvgIpc) is 3.07. The Bertz CT molecular complexity index is 934. The molecule has 0 amide bonds. The summed E-state index contributed by atoms with van der Waals surface area (Å²) >= 11 is 0. The van der Waals surface area contributed by atoms with Gasteiger partial charge >= 0.3 is 0 Å². The predicted octanol–water partition coefficient (Wildman–Crippen LogP) is 3.50. The van der Waals surface area contributed by atoms with Crippen LogP contribution in [0.3, 0.4) is 0 Å². The summed E-state index contributed by atoms with van der Waals surface area (Å²) in [5.74, 6) is 0.831. The van der Waals surface area contributed by atoms with Crippen molar-refractivity contribution in [1.82, 2.24) is 4.98 Å². The van der Waals surface area contributed by atoms with E-state index in [0.29, 0.717) is 12.2 Å². The number of benzene rings is 1. The normalized spacial score (nSPS) is 23.1. The van der Waals surface area contributed by atoms with Gasteiger partial charge in [0.25, 0.3) is 6.02 Å². The predicted molar refractivity (Wildman–Crippen MR) is 102 cm³/mol. The van der Waals surface area contributed by atoms with Crippen LogP contribution in [0.25, 0.3) is 11.1 Å². The summed E-state index contributed by atoms with van der Waals surface area (Å²) < 4.78 is 11.8. The van der Waals surface area contributed by atoms with Crippen LogP contribution in [0.4, 0.5) is 0 Å². The molecule has 2 N–H and O–H groups in total. The molecule has 2 aromatic rings. The van der Waals surface area contributed by atoms with Gasteiger partial charge in [0.2, 0.25) is 0 Å². The summed E-state index contributed by atoms with van der Waals surface area (Å²) in [6, 6.07) is 10.2. The molecule has 0 fully saturated rings. The molecular weight excluding hydrogens is 340 g/mol. The third kappa shape index (κ3) is 3.21. The Labute approximate surface area is 158 Å². The van der Waals surface area contributed by atoms with Crippen LogP contribution < -0.4 is 10.5 Å². The van der Waals surface area contributed by atoms with Crippen LogP contribution in [0.15, 0.2) is 41.7 Å². The Morgan fingerprint density at radius 3 is 2.93 bits per heavy atom. The fourth-order valence-corrected chi connectivity index (χ4v) is 3.85. The molecule has 0 saturated heterocycles. The van der Waals surface area contributed by atoms with E-state index in [1.54, 1.807) is 12.4 Å². The monoisotopic (exact) mass is 362 g/mol. The van der Waals surface area contributed by atoms with Crippen molar-refractivity contribution in [3.63, 3.8) is 0 Å². The van der Waals surface area contributed by atoms with Crippen LogP contribution in [-0.4, -0.2) is 23.7 Å². The maximum absolute atomic E-state index is 9.14. The van der Waals surface area contributed by atoms with Crippen molar-refractivity contribution in [2.75, 3.05) is 6.61 Å². The minimum atomic E-state index is -0.508. The number of aromatic nitrogens is 1. The first kappa shape index (κ1) is 17.3.